The van der Waals surface area contributed by atoms with E-state index in [4.69, 9.17) is 4.74 Å². The molecule has 2 heterocycles. The van der Waals surface area contributed by atoms with Gasteiger partial charge in [-0.1, -0.05) is 34.8 Å². The molecule has 4 nitrogen and oxygen atoms in total. The maximum atomic E-state index is 5.87. The number of nitrogens with zero attached hydrogens (tertiary/aromatic N) is 3. The maximum Gasteiger partial charge on any atom is 0.0895 e. The van der Waals surface area contributed by atoms with E-state index in [1.807, 2.05) is 5.38 Å². The van der Waals surface area contributed by atoms with Crippen LogP contribution in [0.2, 0.25) is 0 Å². The molecule has 0 aliphatic carbocycles. The number of aryl methyl sites for hydroxylation is 1. The normalized spacial score (nSPS) is 20.1. The quantitative estimate of drug-likeness (QED) is 0.847. The first kappa shape index (κ1) is 13.7. The summed E-state index contributed by atoms with van der Waals surface area (Å²) in [6.45, 7) is 3.68. The molecule has 1 aliphatic heterocycles. The highest BCUT2D eigenvalue weighted by atomic mass is 32.1. The fraction of sp³-hybridized carbons (Fsp3) is 0.467. The van der Waals surface area contributed by atoms with Crippen molar-refractivity contribution in [2.24, 2.45) is 0 Å². The van der Waals surface area contributed by atoms with Crippen molar-refractivity contribution in [3.05, 3.63) is 47.0 Å². The molecule has 20 heavy (non-hydrogen) atoms. The lowest BCUT2D eigenvalue weighted by molar-refractivity contribution is -0.0349. The van der Waals surface area contributed by atoms with Gasteiger partial charge in [0.1, 0.15) is 0 Å². The van der Waals surface area contributed by atoms with Crippen LogP contribution in [0.3, 0.4) is 0 Å². The lowest BCUT2D eigenvalue weighted by atomic mass is 10.1. The summed E-state index contributed by atoms with van der Waals surface area (Å²) in [5.74, 6) is 0. The SMILES string of the molecule is c1ccc(CC[C@H]2CN(Cc3csnn3)CCO2)cc1. The van der Waals surface area contributed by atoms with Gasteiger partial charge in [0, 0.05) is 25.0 Å². The van der Waals surface area contributed by atoms with E-state index >= 15 is 0 Å². The molecular formula is C15H19N3OS. The van der Waals surface area contributed by atoms with Gasteiger partial charge in [-0.2, -0.15) is 0 Å². The predicted octanol–water partition coefficient (Wildman–Crippen LogP) is 2.37. The van der Waals surface area contributed by atoms with Gasteiger partial charge in [0.05, 0.1) is 18.4 Å². The van der Waals surface area contributed by atoms with Crippen molar-refractivity contribution in [3.8, 4) is 0 Å². The minimum atomic E-state index is 0.329. The lowest BCUT2D eigenvalue weighted by Gasteiger charge is -2.32. The maximum absolute atomic E-state index is 5.87. The number of benzene rings is 1. The van der Waals surface area contributed by atoms with E-state index < -0.39 is 0 Å². The number of hydrogen-bond donors (Lipinski definition) is 0. The van der Waals surface area contributed by atoms with Crippen molar-refractivity contribution in [1.82, 2.24) is 14.5 Å². The summed E-state index contributed by atoms with van der Waals surface area (Å²) >= 11 is 1.42. The largest absolute Gasteiger partial charge is 0.376 e. The summed E-state index contributed by atoms with van der Waals surface area (Å²) in [6, 6.07) is 10.6. The van der Waals surface area contributed by atoms with Crippen LogP contribution in [0.4, 0.5) is 0 Å². The number of morpholine rings is 1. The highest BCUT2D eigenvalue weighted by molar-refractivity contribution is 7.03. The van der Waals surface area contributed by atoms with E-state index in [1.165, 1.54) is 17.1 Å². The van der Waals surface area contributed by atoms with Crippen molar-refractivity contribution < 1.29 is 4.74 Å². The average Bonchev–Trinajstić information content (AvgIpc) is 3.00. The van der Waals surface area contributed by atoms with Crippen LogP contribution < -0.4 is 0 Å². The first-order chi connectivity index (χ1) is 9.90. The van der Waals surface area contributed by atoms with Crippen molar-refractivity contribution in [3.63, 3.8) is 0 Å². The Labute approximate surface area is 123 Å². The molecule has 0 bridgehead atoms. The first-order valence-electron chi connectivity index (χ1n) is 7.04. The van der Waals surface area contributed by atoms with Crippen LogP contribution in [0.1, 0.15) is 17.7 Å². The smallest absolute Gasteiger partial charge is 0.0895 e. The molecule has 0 N–H and O–H groups in total. The second-order valence-electron chi connectivity index (χ2n) is 5.15. The molecule has 0 unspecified atom stereocenters. The minimum Gasteiger partial charge on any atom is -0.376 e. The minimum absolute atomic E-state index is 0.329. The zero-order chi connectivity index (χ0) is 13.6. The lowest BCUT2D eigenvalue weighted by Crippen LogP contribution is -2.42. The van der Waals surface area contributed by atoms with E-state index in [1.54, 1.807) is 0 Å². The van der Waals surface area contributed by atoms with Crippen LogP contribution in [-0.4, -0.2) is 40.3 Å². The van der Waals surface area contributed by atoms with Crippen LogP contribution in [0, 0.1) is 0 Å². The summed E-state index contributed by atoms with van der Waals surface area (Å²) in [4.78, 5) is 2.41. The van der Waals surface area contributed by atoms with Gasteiger partial charge in [-0.25, -0.2) is 0 Å². The fourth-order valence-electron chi connectivity index (χ4n) is 2.55. The second kappa shape index (κ2) is 6.92. The van der Waals surface area contributed by atoms with Gasteiger partial charge in [0.2, 0.25) is 0 Å². The third kappa shape index (κ3) is 3.85. The van der Waals surface area contributed by atoms with Crippen LogP contribution >= 0.6 is 11.5 Å². The molecule has 1 fully saturated rings. The predicted molar refractivity (Wildman–Crippen MR) is 79.7 cm³/mol. The topological polar surface area (TPSA) is 38.2 Å². The first-order valence-corrected chi connectivity index (χ1v) is 7.87. The molecule has 106 valence electrons. The van der Waals surface area contributed by atoms with Crippen molar-refractivity contribution >= 4 is 11.5 Å². The summed E-state index contributed by atoms with van der Waals surface area (Å²) in [5, 5.41) is 6.14. The Morgan fingerprint density at radius 2 is 2.20 bits per heavy atom. The van der Waals surface area contributed by atoms with E-state index in [9.17, 15) is 0 Å². The second-order valence-corrected chi connectivity index (χ2v) is 5.76. The van der Waals surface area contributed by atoms with Crippen LogP contribution in [0.25, 0.3) is 0 Å². The molecule has 2 aromatic rings. The van der Waals surface area contributed by atoms with E-state index in [-0.39, 0.29) is 0 Å². The van der Waals surface area contributed by atoms with E-state index in [2.05, 4.69) is 44.8 Å². The Bertz CT molecular complexity index is 503. The molecular weight excluding hydrogens is 270 g/mol. The van der Waals surface area contributed by atoms with Gasteiger partial charge >= 0.3 is 0 Å². The number of ether oxygens (including phenoxy) is 1. The Morgan fingerprint density at radius 1 is 1.30 bits per heavy atom. The third-order valence-electron chi connectivity index (χ3n) is 3.61. The van der Waals surface area contributed by atoms with Gasteiger partial charge in [-0.15, -0.1) is 5.10 Å². The molecule has 0 radical (unpaired) electrons. The molecule has 1 aliphatic rings. The monoisotopic (exact) mass is 289 g/mol. The average molecular weight is 289 g/mol. The highest BCUT2D eigenvalue weighted by Crippen LogP contribution is 2.14. The zero-order valence-corrected chi connectivity index (χ0v) is 12.3. The molecule has 1 saturated heterocycles. The van der Waals surface area contributed by atoms with Crippen molar-refractivity contribution in [2.45, 2.75) is 25.5 Å². The Hall–Kier alpha value is -1.30. The molecule has 5 heteroatoms. The summed E-state index contributed by atoms with van der Waals surface area (Å²) in [6.07, 6.45) is 2.49. The molecule has 1 aromatic heterocycles. The molecule has 1 aromatic carbocycles. The fourth-order valence-corrected chi connectivity index (χ4v) is 3.00. The number of rotatable bonds is 5. The van der Waals surface area contributed by atoms with Crippen molar-refractivity contribution in [2.75, 3.05) is 19.7 Å². The standard InChI is InChI=1S/C15H19N3OS/c1-2-4-13(5-3-1)6-7-15-11-18(8-9-19-15)10-14-12-20-17-16-14/h1-5,12,15H,6-11H2/t15-/m0/s1. The summed E-state index contributed by atoms with van der Waals surface area (Å²) in [7, 11) is 0. The van der Waals surface area contributed by atoms with E-state index in [0.29, 0.717) is 6.10 Å². The summed E-state index contributed by atoms with van der Waals surface area (Å²) in [5.41, 5.74) is 2.45. The summed E-state index contributed by atoms with van der Waals surface area (Å²) < 4.78 is 9.79. The van der Waals surface area contributed by atoms with Crippen LogP contribution in [0.5, 0.6) is 0 Å². The molecule has 0 amide bonds. The molecule has 1 atom stereocenters. The van der Waals surface area contributed by atoms with Crippen LogP contribution in [0.15, 0.2) is 35.7 Å². The van der Waals surface area contributed by atoms with Crippen LogP contribution in [-0.2, 0) is 17.7 Å². The Balaban J connectivity index is 1.48. The van der Waals surface area contributed by atoms with Gasteiger partial charge in [0.15, 0.2) is 0 Å². The Kier molecular flexibility index (Phi) is 4.73. The van der Waals surface area contributed by atoms with Gasteiger partial charge < -0.3 is 4.74 Å². The third-order valence-corrected chi connectivity index (χ3v) is 4.16. The molecule has 0 spiro atoms. The highest BCUT2D eigenvalue weighted by Gasteiger charge is 2.20. The van der Waals surface area contributed by atoms with Crippen molar-refractivity contribution in [1.29, 1.82) is 0 Å². The van der Waals surface area contributed by atoms with Gasteiger partial charge in [-0.05, 0) is 29.9 Å². The van der Waals surface area contributed by atoms with Gasteiger partial charge in [-0.3, -0.25) is 4.90 Å². The number of hydrogen-bond acceptors (Lipinski definition) is 5. The number of aromatic nitrogens is 2. The van der Waals surface area contributed by atoms with E-state index in [0.717, 1.165) is 44.8 Å². The van der Waals surface area contributed by atoms with Gasteiger partial charge in [0.25, 0.3) is 0 Å². The molecule has 3 rings (SSSR count). The molecule has 0 saturated carbocycles. The zero-order valence-electron chi connectivity index (χ0n) is 11.4. The Morgan fingerprint density at radius 3 is 3.00 bits per heavy atom.